The van der Waals surface area contributed by atoms with E-state index in [0.29, 0.717) is 5.92 Å². The average Bonchev–Trinajstić information content (AvgIpc) is 3.18. The smallest absolute Gasteiger partial charge is 0.142 e. The Hall–Kier alpha value is -1.26. The third-order valence-electron chi connectivity index (χ3n) is 3.11. The van der Waals surface area contributed by atoms with Crippen molar-refractivity contribution in [2.45, 2.75) is 32.2 Å². The van der Waals surface area contributed by atoms with Crippen LogP contribution in [0.5, 0.6) is 0 Å². The van der Waals surface area contributed by atoms with Gasteiger partial charge < -0.3 is 5.32 Å². The zero-order valence-corrected chi connectivity index (χ0v) is 11.3. The molecule has 2 aromatic heterocycles. The largest absolute Gasteiger partial charge is 0.312 e. The van der Waals surface area contributed by atoms with Gasteiger partial charge in [0.2, 0.25) is 0 Å². The van der Waals surface area contributed by atoms with E-state index >= 15 is 0 Å². The summed E-state index contributed by atoms with van der Waals surface area (Å²) >= 11 is 1.78. The molecule has 4 heteroatoms. The number of thiazole rings is 1. The Morgan fingerprint density at radius 3 is 2.94 bits per heavy atom. The van der Waals surface area contributed by atoms with Crippen molar-refractivity contribution >= 4 is 11.3 Å². The molecule has 1 fully saturated rings. The lowest BCUT2D eigenvalue weighted by Crippen LogP contribution is -2.11. The molecule has 0 aliphatic heterocycles. The maximum atomic E-state index is 4.81. The summed E-state index contributed by atoms with van der Waals surface area (Å²) in [4.78, 5) is 10.6. The Kier molecular flexibility index (Phi) is 3.39. The van der Waals surface area contributed by atoms with Gasteiger partial charge in [0.1, 0.15) is 5.01 Å². The fourth-order valence-electron chi connectivity index (χ4n) is 2.00. The van der Waals surface area contributed by atoms with Crippen LogP contribution < -0.4 is 5.32 Å². The van der Waals surface area contributed by atoms with Crippen molar-refractivity contribution in [2.24, 2.45) is 0 Å². The van der Waals surface area contributed by atoms with Crippen molar-refractivity contribution in [2.75, 3.05) is 6.54 Å². The minimum atomic E-state index is 0.701. The Morgan fingerprint density at radius 2 is 2.28 bits per heavy atom. The predicted molar refractivity (Wildman–Crippen MR) is 74.7 cm³/mol. The quantitative estimate of drug-likeness (QED) is 0.896. The van der Waals surface area contributed by atoms with Crippen molar-refractivity contribution in [1.29, 1.82) is 0 Å². The molecule has 3 nitrogen and oxygen atoms in total. The van der Waals surface area contributed by atoms with Crippen LogP contribution >= 0.6 is 11.3 Å². The second-order valence-electron chi connectivity index (χ2n) is 4.60. The minimum absolute atomic E-state index is 0.701. The van der Waals surface area contributed by atoms with Crippen molar-refractivity contribution in [3.8, 4) is 10.7 Å². The fraction of sp³-hybridized carbons (Fsp3) is 0.429. The molecular weight excluding hydrogens is 242 g/mol. The predicted octanol–water partition coefficient (Wildman–Crippen LogP) is 3.19. The van der Waals surface area contributed by atoms with Crippen LogP contribution in [0, 0.1) is 0 Å². The Balaban J connectivity index is 1.91. The zero-order chi connectivity index (χ0) is 12.4. The maximum Gasteiger partial charge on any atom is 0.142 e. The Bertz CT molecular complexity index is 517. The highest BCUT2D eigenvalue weighted by Crippen LogP contribution is 2.43. The van der Waals surface area contributed by atoms with E-state index in [9.17, 15) is 0 Å². The number of aromatic nitrogens is 2. The van der Waals surface area contributed by atoms with E-state index in [1.54, 1.807) is 11.3 Å². The number of hydrogen-bond donors (Lipinski definition) is 1. The van der Waals surface area contributed by atoms with Crippen LogP contribution in [0.4, 0.5) is 0 Å². The third-order valence-corrected chi connectivity index (χ3v) is 4.20. The van der Waals surface area contributed by atoms with Gasteiger partial charge in [-0.25, -0.2) is 4.98 Å². The maximum absolute atomic E-state index is 4.81. The first-order valence-corrected chi connectivity index (χ1v) is 7.32. The van der Waals surface area contributed by atoms with Crippen LogP contribution in [0.3, 0.4) is 0 Å². The zero-order valence-electron chi connectivity index (χ0n) is 10.5. The average molecular weight is 259 g/mol. The molecule has 0 spiro atoms. The number of nitrogens with one attached hydrogen (secondary N) is 1. The summed E-state index contributed by atoms with van der Waals surface area (Å²) in [6.07, 6.45) is 4.42. The molecule has 18 heavy (non-hydrogen) atoms. The molecule has 2 aromatic rings. The molecule has 1 saturated carbocycles. The van der Waals surface area contributed by atoms with Crippen molar-refractivity contribution in [3.05, 3.63) is 35.0 Å². The summed E-state index contributed by atoms with van der Waals surface area (Å²) in [5.41, 5.74) is 2.30. The van der Waals surface area contributed by atoms with Crippen LogP contribution in [0.15, 0.2) is 24.4 Å². The van der Waals surface area contributed by atoms with E-state index in [4.69, 9.17) is 4.98 Å². The van der Waals surface area contributed by atoms with Crippen LogP contribution in [-0.4, -0.2) is 16.5 Å². The van der Waals surface area contributed by atoms with E-state index in [2.05, 4.69) is 17.2 Å². The van der Waals surface area contributed by atoms with Crippen LogP contribution in [0.25, 0.3) is 10.7 Å². The fourth-order valence-corrected chi connectivity index (χ4v) is 3.10. The normalized spacial score (nSPS) is 14.9. The summed E-state index contributed by atoms with van der Waals surface area (Å²) in [7, 11) is 0. The molecule has 1 aliphatic carbocycles. The summed E-state index contributed by atoms with van der Waals surface area (Å²) in [6, 6.07) is 6.00. The van der Waals surface area contributed by atoms with Gasteiger partial charge in [-0.05, 0) is 31.5 Å². The van der Waals surface area contributed by atoms with Crippen molar-refractivity contribution in [3.63, 3.8) is 0 Å². The summed E-state index contributed by atoms with van der Waals surface area (Å²) in [5.74, 6) is 0.701. The lowest BCUT2D eigenvalue weighted by atomic mass is 10.2. The van der Waals surface area contributed by atoms with Crippen molar-refractivity contribution in [1.82, 2.24) is 15.3 Å². The number of pyridine rings is 1. The van der Waals surface area contributed by atoms with Crippen LogP contribution in [0.2, 0.25) is 0 Å². The van der Waals surface area contributed by atoms with Crippen molar-refractivity contribution < 1.29 is 0 Å². The van der Waals surface area contributed by atoms with E-state index in [1.165, 1.54) is 23.4 Å². The number of hydrogen-bond acceptors (Lipinski definition) is 4. The SMILES string of the molecule is CCNCc1sc(-c2ccccn2)nc1C1CC1. The van der Waals surface area contributed by atoms with Gasteiger partial charge in [-0.1, -0.05) is 13.0 Å². The first-order valence-electron chi connectivity index (χ1n) is 6.50. The van der Waals surface area contributed by atoms with Gasteiger partial charge in [-0.3, -0.25) is 4.98 Å². The molecule has 0 atom stereocenters. The number of rotatable bonds is 5. The van der Waals surface area contributed by atoms with Gasteiger partial charge in [0, 0.05) is 23.5 Å². The van der Waals surface area contributed by atoms with Gasteiger partial charge >= 0.3 is 0 Å². The molecule has 1 aliphatic rings. The standard InChI is InChI=1S/C14H17N3S/c1-2-15-9-12-13(10-6-7-10)17-14(18-12)11-5-3-4-8-16-11/h3-5,8,10,15H,2,6-7,9H2,1H3. The van der Waals surface area contributed by atoms with E-state index in [1.807, 2.05) is 24.4 Å². The summed E-state index contributed by atoms with van der Waals surface area (Å²) in [5, 5.41) is 4.46. The molecule has 1 N–H and O–H groups in total. The van der Waals surface area contributed by atoms with Gasteiger partial charge in [0.25, 0.3) is 0 Å². The molecular formula is C14H17N3S. The van der Waals surface area contributed by atoms with E-state index < -0.39 is 0 Å². The highest BCUT2D eigenvalue weighted by Gasteiger charge is 2.29. The molecule has 3 rings (SSSR count). The van der Waals surface area contributed by atoms with E-state index in [0.717, 1.165) is 23.8 Å². The molecule has 0 bridgehead atoms. The molecule has 0 amide bonds. The van der Waals surface area contributed by atoms with Crippen LogP contribution in [0.1, 0.15) is 36.3 Å². The lowest BCUT2D eigenvalue weighted by Gasteiger charge is -2.00. The molecule has 0 aromatic carbocycles. The Morgan fingerprint density at radius 1 is 1.39 bits per heavy atom. The topological polar surface area (TPSA) is 37.8 Å². The molecule has 0 saturated heterocycles. The second kappa shape index (κ2) is 5.16. The second-order valence-corrected chi connectivity index (χ2v) is 5.68. The first-order chi connectivity index (χ1) is 8.88. The van der Waals surface area contributed by atoms with Gasteiger partial charge in [0.15, 0.2) is 0 Å². The van der Waals surface area contributed by atoms with Crippen LogP contribution in [-0.2, 0) is 6.54 Å². The molecule has 0 radical (unpaired) electrons. The molecule has 0 unspecified atom stereocenters. The minimum Gasteiger partial charge on any atom is -0.312 e. The molecule has 2 heterocycles. The monoisotopic (exact) mass is 259 g/mol. The molecule has 94 valence electrons. The van der Waals surface area contributed by atoms with Gasteiger partial charge in [-0.2, -0.15) is 0 Å². The summed E-state index contributed by atoms with van der Waals surface area (Å²) in [6.45, 7) is 4.07. The highest BCUT2D eigenvalue weighted by molar-refractivity contribution is 7.15. The van der Waals surface area contributed by atoms with Gasteiger partial charge in [0.05, 0.1) is 11.4 Å². The first kappa shape index (κ1) is 11.8. The highest BCUT2D eigenvalue weighted by atomic mass is 32.1. The lowest BCUT2D eigenvalue weighted by molar-refractivity contribution is 0.727. The van der Waals surface area contributed by atoms with Gasteiger partial charge in [-0.15, -0.1) is 11.3 Å². The third kappa shape index (κ3) is 2.44. The summed E-state index contributed by atoms with van der Waals surface area (Å²) < 4.78 is 0. The number of nitrogens with zero attached hydrogens (tertiary/aromatic N) is 2. The Labute approximate surface area is 111 Å². The van der Waals surface area contributed by atoms with E-state index in [-0.39, 0.29) is 0 Å².